The molecule has 1 aromatic carbocycles. The second-order valence-corrected chi connectivity index (χ2v) is 8.87. The first kappa shape index (κ1) is 21.6. The topological polar surface area (TPSA) is 92.5 Å². The van der Waals surface area contributed by atoms with Crippen LogP contribution in [0.15, 0.2) is 40.1 Å². The zero-order valence-electron chi connectivity index (χ0n) is 19.2. The minimum absolute atomic E-state index is 0.198. The van der Waals surface area contributed by atoms with Gasteiger partial charge in [0.05, 0.1) is 18.8 Å². The number of ether oxygens (including phenoxy) is 1. The summed E-state index contributed by atoms with van der Waals surface area (Å²) < 4.78 is 11.7. The van der Waals surface area contributed by atoms with Crippen molar-refractivity contribution in [2.75, 3.05) is 6.61 Å². The number of imidazole rings is 2. The number of carbonyl (C=O) groups excluding carboxylic acids is 1. The molecule has 0 saturated heterocycles. The molecule has 0 N–H and O–H groups in total. The number of aryl methyl sites for hydroxylation is 2. The molecule has 0 unspecified atom stereocenters. The van der Waals surface area contributed by atoms with E-state index in [1.807, 2.05) is 42.7 Å². The predicted molar refractivity (Wildman–Crippen MR) is 122 cm³/mol. The highest BCUT2D eigenvalue weighted by molar-refractivity contribution is 5.84. The minimum atomic E-state index is -0.672. The van der Waals surface area contributed by atoms with Crippen molar-refractivity contribution in [3.05, 3.63) is 57.0 Å². The fourth-order valence-corrected chi connectivity index (χ4v) is 3.75. The summed E-state index contributed by atoms with van der Waals surface area (Å²) in [5.74, 6) is 0.971. The molecule has 0 bridgehead atoms. The van der Waals surface area contributed by atoms with Crippen molar-refractivity contribution in [2.45, 2.75) is 41.2 Å². The van der Waals surface area contributed by atoms with Crippen molar-refractivity contribution in [1.82, 2.24) is 23.1 Å². The molecule has 0 atom stereocenters. The van der Waals surface area contributed by atoms with Gasteiger partial charge in [0, 0.05) is 24.4 Å². The Balaban J connectivity index is 2.03. The number of nitrogens with zero attached hydrogens (tertiary/aromatic N) is 5. The van der Waals surface area contributed by atoms with Gasteiger partial charge in [0.1, 0.15) is 5.75 Å². The van der Waals surface area contributed by atoms with E-state index in [1.165, 1.54) is 4.57 Å². The van der Waals surface area contributed by atoms with Crippen LogP contribution < -0.4 is 16.0 Å². The van der Waals surface area contributed by atoms with Gasteiger partial charge in [-0.1, -0.05) is 32.9 Å². The molecule has 4 aromatic rings. The molecule has 168 valence electrons. The lowest BCUT2D eigenvalue weighted by molar-refractivity contribution is -0.127. The Labute approximate surface area is 184 Å². The Bertz CT molecular complexity index is 1480. The SMILES string of the molecule is CCOc1ccccc1-n1c(C)cn2c3c(=O)n(CC(=O)C(C)(C)C)c(=O)n(C)c3nc12. The molecule has 0 amide bonds. The number of para-hydroxylation sites is 2. The standard InChI is InChI=1S/C23H27N5O4/c1-7-32-16-11-9-8-10-15(16)28-14(2)12-26-18-19(24-21(26)28)25(6)22(31)27(20(18)30)13-17(29)23(3,4)5/h8-12H,7,13H2,1-6H3. The van der Waals surface area contributed by atoms with E-state index in [0.717, 1.165) is 15.9 Å². The molecule has 0 radical (unpaired) electrons. The van der Waals surface area contributed by atoms with Crippen LogP contribution in [0.2, 0.25) is 0 Å². The third-order valence-electron chi connectivity index (χ3n) is 5.57. The zero-order chi connectivity index (χ0) is 23.4. The van der Waals surface area contributed by atoms with Crippen molar-refractivity contribution < 1.29 is 9.53 Å². The van der Waals surface area contributed by atoms with Gasteiger partial charge in [0.2, 0.25) is 5.78 Å². The van der Waals surface area contributed by atoms with E-state index in [4.69, 9.17) is 4.74 Å². The average Bonchev–Trinajstić information content (AvgIpc) is 3.24. The van der Waals surface area contributed by atoms with Crippen molar-refractivity contribution in [3.8, 4) is 11.4 Å². The van der Waals surface area contributed by atoms with Gasteiger partial charge < -0.3 is 4.74 Å². The molecular weight excluding hydrogens is 410 g/mol. The molecule has 3 aromatic heterocycles. The lowest BCUT2D eigenvalue weighted by atomic mass is 9.91. The molecule has 32 heavy (non-hydrogen) atoms. The summed E-state index contributed by atoms with van der Waals surface area (Å²) in [6.07, 6.45) is 1.80. The number of rotatable bonds is 5. The first-order valence-corrected chi connectivity index (χ1v) is 10.5. The second-order valence-electron chi connectivity index (χ2n) is 8.87. The summed E-state index contributed by atoms with van der Waals surface area (Å²) in [6.45, 7) is 9.33. The van der Waals surface area contributed by atoms with E-state index < -0.39 is 16.7 Å². The van der Waals surface area contributed by atoms with Crippen molar-refractivity contribution >= 4 is 22.7 Å². The maximum absolute atomic E-state index is 13.4. The summed E-state index contributed by atoms with van der Waals surface area (Å²) in [5, 5.41) is 0. The number of hydrogen-bond donors (Lipinski definition) is 0. The fourth-order valence-electron chi connectivity index (χ4n) is 3.75. The minimum Gasteiger partial charge on any atom is -0.492 e. The van der Waals surface area contributed by atoms with Crippen LogP contribution in [0.25, 0.3) is 22.6 Å². The summed E-state index contributed by atoms with van der Waals surface area (Å²) in [4.78, 5) is 43.5. The van der Waals surface area contributed by atoms with Crippen LogP contribution in [0, 0.1) is 12.3 Å². The van der Waals surface area contributed by atoms with Gasteiger partial charge in [-0.15, -0.1) is 0 Å². The normalized spacial score (nSPS) is 12.1. The van der Waals surface area contributed by atoms with Crippen molar-refractivity contribution in [2.24, 2.45) is 12.5 Å². The van der Waals surface area contributed by atoms with Gasteiger partial charge in [0.25, 0.3) is 5.56 Å². The molecule has 0 aliphatic rings. The number of carbonyl (C=O) groups is 1. The summed E-state index contributed by atoms with van der Waals surface area (Å²) in [5.41, 5.74) is 0.353. The molecule has 0 fully saturated rings. The number of fused-ring (bicyclic) bond motifs is 3. The molecular formula is C23H27N5O4. The van der Waals surface area contributed by atoms with Crippen molar-refractivity contribution in [3.63, 3.8) is 0 Å². The molecule has 9 heteroatoms. The Hall–Kier alpha value is -3.62. The number of benzene rings is 1. The summed E-state index contributed by atoms with van der Waals surface area (Å²) >= 11 is 0. The lowest BCUT2D eigenvalue weighted by Crippen LogP contribution is -2.42. The Morgan fingerprint density at radius 3 is 2.50 bits per heavy atom. The van der Waals surface area contributed by atoms with Crippen LogP contribution in [-0.4, -0.2) is 35.5 Å². The fraction of sp³-hybridized carbons (Fsp3) is 0.391. The number of hydrogen-bond acceptors (Lipinski definition) is 5. The quantitative estimate of drug-likeness (QED) is 0.478. The van der Waals surface area contributed by atoms with E-state index in [9.17, 15) is 14.4 Å². The monoisotopic (exact) mass is 437 g/mol. The van der Waals surface area contributed by atoms with Gasteiger partial charge in [-0.05, 0) is 26.0 Å². The van der Waals surface area contributed by atoms with E-state index in [-0.39, 0.29) is 23.5 Å². The zero-order valence-corrected chi connectivity index (χ0v) is 19.2. The molecule has 4 rings (SSSR count). The first-order valence-electron chi connectivity index (χ1n) is 10.5. The lowest BCUT2D eigenvalue weighted by Gasteiger charge is -2.17. The highest BCUT2D eigenvalue weighted by Crippen LogP contribution is 2.28. The van der Waals surface area contributed by atoms with Crippen LogP contribution in [0.5, 0.6) is 5.75 Å². The van der Waals surface area contributed by atoms with Crippen molar-refractivity contribution in [1.29, 1.82) is 0 Å². The Kier molecular flexibility index (Phi) is 5.07. The summed E-state index contributed by atoms with van der Waals surface area (Å²) in [6, 6.07) is 7.58. The number of Topliss-reactive ketones (excluding diaryl/α,β-unsaturated/α-hetero) is 1. The molecule has 3 heterocycles. The third-order valence-corrected chi connectivity index (χ3v) is 5.57. The van der Waals surface area contributed by atoms with Crippen LogP contribution in [-0.2, 0) is 18.4 Å². The van der Waals surface area contributed by atoms with Crippen LogP contribution >= 0.6 is 0 Å². The van der Waals surface area contributed by atoms with E-state index in [1.54, 1.807) is 38.4 Å². The molecule has 0 aliphatic carbocycles. The average molecular weight is 438 g/mol. The highest BCUT2D eigenvalue weighted by Gasteiger charge is 2.26. The van der Waals surface area contributed by atoms with Gasteiger partial charge in [-0.3, -0.25) is 27.7 Å². The third kappa shape index (κ3) is 3.24. The van der Waals surface area contributed by atoms with E-state index in [0.29, 0.717) is 18.1 Å². The molecule has 0 spiro atoms. The highest BCUT2D eigenvalue weighted by atomic mass is 16.5. The van der Waals surface area contributed by atoms with Gasteiger partial charge in [0.15, 0.2) is 16.9 Å². The molecule has 0 aliphatic heterocycles. The summed E-state index contributed by atoms with van der Waals surface area (Å²) in [7, 11) is 1.56. The maximum atomic E-state index is 13.4. The van der Waals surface area contributed by atoms with Gasteiger partial charge in [-0.25, -0.2) is 4.79 Å². The predicted octanol–water partition coefficient (Wildman–Crippen LogP) is 2.46. The smallest absolute Gasteiger partial charge is 0.332 e. The Morgan fingerprint density at radius 2 is 1.84 bits per heavy atom. The van der Waals surface area contributed by atoms with E-state index in [2.05, 4.69) is 4.98 Å². The number of aromatic nitrogens is 5. The Morgan fingerprint density at radius 1 is 1.16 bits per heavy atom. The second kappa shape index (κ2) is 7.51. The van der Waals surface area contributed by atoms with Gasteiger partial charge >= 0.3 is 5.69 Å². The molecule has 9 nitrogen and oxygen atoms in total. The first-order chi connectivity index (χ1) is 15.1. The van der Waals surface area contributed by atoms with Gasteiger partial charge in [-0.2, -0.15) is 4.98 Å². The van der Waals surface area contributed by atoms with Crippen LogP contribution in [0.4, 0.5) is 0 Å². The maximum Gasteiger partial charge on any atom is 0.332 e. The van der Waals surface area contributed by atoms with E-state index >= 15 is 0 Å². The number of ketones is 1. The van der Waals surface area contributed by atoms with Crippen LogP contribution in [0.3, 0.4) is 0 Å². The largest absolute Gasteiger partial charge is 0.492 e. The van der Waals surface area contributed by atoms with Crippen LogP contribution in [0.1, 0.15) is 33.4 Å². The molecule has 0 saturated carbocycles.